The van der Waals surface area contributed by atoms with E-state index in [2.05, 4.69) is 9.78 Å². The monoisotopic (exact) mass is 366 g/mol. The fraction of sp³-hybridized carbons (Fsp3) is 0.143. The van der Waals surface area contributed by atoms with Crippen LogP contribution in [0.3, 0.4) is 0 Å². The molecule has 0 aliphatic heterocycles. The molecule has 0 spiro atoms. The van der Waals surface area contributed by atoms with Gasteiger partial charge in [0.05, 0.1) is 0 Å². The van der Waals surface area contributed by atoms with Crippen LogP contribution in [-0.2, 0) is 21.7 Å². The predicted molar refractivity (Wildman–Crippen MR) is 68.9 cm³/mol. The van der Waals surface area contributed by atoms with Crippen LogP contribution >= 0.6 is 0 Å². The summed E-state index contributed by atoms with van der Waals surface area (Å²) in [5, 5.41) is 16.3. The summed E-state index contributed by atoms with van der Waals surface area (Å²) in [5.74, 6) is 0.946. The van der Waals surface area contributed by atoms with Crippen LogP contribution in [0.15, 0.2) is 48.5 Å². The average molecular weight is 367 g/mol. The molecule has 0 aromatic heterocycles. The van der Waals surface area contributed by atoms with E-state index in [4.69, 9.17) is 10.5 Å². The molecule has 21 heavy (non-hydrogen) atoms. The Bertz CT molecular complexity index is 418. The van der Waals surface area contributed by atoms with Gasteiger partial charge in [-0.2, -0.15) is 0 Å². The molecule has 0 bridgehead atoms. The topological polar surface area (TPSA) is 58.9 Å². The molecular weight excluding hydrogens is 351 g/mol. The van der Waals surface area contributed by atoms with Crippen molar-refractivity contribution in [2.45, 2.75) is 13.8 Å². The van der Waals surface area contributed by atoms with E-state index in [0.717, 1.165) is 11.1 Å². The van der Waals surface area contributed by atoms with Crippen molar-refractivity contribution in [3.8, 4) is 11.5 Å². The largest absolute Gasteiger partial charge is 2.00 e. The Kier molecular flexibility index (Phi) is 17.1. The summed E-state index contributed by atoms with van der Waals surface area (Å²) in [7, 11) is 0. The smallest absolute Gasteiger partial charge is 1.00 e. The van der Waals surface area contributed by atoms with Gasteiger partial charge in [0.25, 0.3) is 0 Å². The van der Waals surface area contributed by atoms with Gasteiger partial charge >= 0.3 is 21.7 Å². The molecule has 0 saturated carbocycles. The van der Waals surface area contributed by atoms with Crippen molar-refractivity contribution in [3.05, 3.63) is 59.7 Å². The van der Waals surface area contributed by atoms with Gasteiger partial charge < -0.3 is 34.6 Å². The number of aryl methyl sites for hydroxylation is 2. The van der Waals surface area contributed by atoms with E-state index in [0.29, 0.717) is 11.5 Å². The van der Waals surface area contributed by atoms with Gasteiger partial charge in [0.15, 0.2) is 11.5 Å². The molecule has 7 heteroatoms. The molecule has 0 aliphatic rings. The second-order valence-electron chi connectivity index (χ2n) is 3.81. The number of halogens is 2. The van der Waals surface area contributed by atoms with Crippen LogP contribution in [0, 0.1) is 13.8 Å². The standard InChI is InChI=1S/2C7H8O2.2ClH.Ti/c2*1-6-2-4-7(9-8)5-3-6;;;/h2*2-5,8H,1H3;2*1H;/q;;;;+2/p-2. The van der Waals surface area contributed by atoms with Crippen LogP contribution in [-0.4, -0.2) is 10.5 Å². The molecule has 4 nitrogen and oxygen atoms in total. The van der Waals surface area contributed by atoms with Crippen LogP contribution in [0.4, 0.5) is 0 Å². The Morgan fingerprint density at radius 1 is 0.619 bits per heavy atom. The van der Waals surface area contributed by atoms with Crippen molar-refractivity contribution < 1.29 is 66.8 Å². The third-order valence-corrected chi connectivity index (χ3v) is 2.25. The fourth-order valence-electron chi connectivity index (χ4n) is 1.20. The quantitative estimate of drug-likeness (QED) is 0.356. The zero-order valence-electron chi connectivity index (χ0n) is 11.6. The van der Waals surface area contributed by atoms with Crippen molar-refractivity contribution >= 4 is 0 Å². The molecular formula is C14H16Cl2O4Ti. The normalized spacial score (nSPS) is 7.81. The van der Waals surface area contributed by atoms with Crippen molar-refractivity contribution in [2.24, 2.45) is 0 Å². The number of rotatable bonds is 2. The van der Waals surface area contributed by atoms with Crippen LogP contribution < -0.4 is 34.6 Å². The first kappa shape index (κ1) is 25.2. The van der Waals surface area contributed by atoms with E-state index in [9.17, 15) is 0 Å². The molecule has 2 N–H and O–H groups in total. The molecule has 0 heterocycles. The van der Waals surface area contributed by atoms with Crippen molar-refractivity contribution in [1.82, 2.24) is 0 Å². The first-order valence-electron chi connectivity index (χ1n) is 5.42. The SMILES string of the molecule is Cc1ccc(OO)cc1.Cc1ccc(OO)cc1.[Cl-].[Cl-].[Ti+2]. The molecule has 114 valence electrons. The van der Waals surface area contributed by atoms with E-state index >= 15 is 0 Å². The Morgan fingerprint density at radius 2 is 0.857 bits per heavy atom. The summed E-state index contributed by atoms with van der Waals surface area (Å²) in [6, 6.07) is 14.3. The summed E-state index contributed by atoms with van der Waals surface area (Å²) in [6.45, 7) is 3.95. The van der Waals surface area contributed by atoms with Gasteiger partial charge in [-0.15, -0.1) is 0 Å². The number of benzene rings is 2. The third kappa shape index (κ3) is 10.6. The summed E-state index contributed by atoms with van der Waals surface area (Å²) in [4.78, 5) is 7.94. The summed E-state index contributed by atoms with van der Waals surface area (Å²) < 4.78 is 0. The molecule has 2 rings (SSSR count). The molecule has 0 saturated heterocycles. The van der Waals surface area contributed by atoms with Gasteiger partial charge in [-0.1, -0.05) is 35.4 Å². The molecule has 0 atom stereocenters. The number of hydrogen-bond donors (Lipinski definition) is 2. The zero-order chi connectivity index (χ0) is 13.4. The maximum atomic E-state index is 8.13. The number of hydrogen-bond acceptors (Lipinski definition) is 4. The minimum Gasteiger partial charge on any atom is -1.00 e. The Balaban J connectivity index is -0.000000270. The predicted octanol–water partition coefficient (Wildman–Crippen LogP) is -2.30. The molecule has 0 unspecified atom stereocenters. The second-order valence-corrected chi connectivity index (χ2v) is 3.81. The minimum atomic E-state index is 0. The zero-order valence-corrected chi connectivity index (χ0v) is 14.7. The average Bonchev–Trinajstić information content (AvgIpc) is 2.41. The van der Waals surface area contributed by atoms with Crippen LogP contribution in [0.5, 0.6) is 11.5 Å². The van der Waals surface area contributed by atoms with Crippen molar-refractivity contribution in [3.63, 3.8) is 0 Å². The Labute approximate surface area is 151 Å². The van der Waals surface area contributed by atoms with E-state index in [1.165, 1.54) is 0 Å². The first-order chi connectivity index (χ1) is 8.65. The first-order valence-corrected chi connectivity index (χ1v) is 5.42. The van der Waals surface area contributed by atoms with Gasteiger partial charge in [0.1, 0.15) is 0 Å². The van der Waals surface area contributed by atoms with Gasteiger partial charge in [-0.25, -0.2) is 10.5 Å². The van der Waals surface area contributed by atoms with E-state index < -0.39 is 0 Å². The summed E-state index contributed by atoms with van der Waals surface area (Å²) in [5.41, 5.74) is 2.30. The van der Waals surface area contributed by atoms with Gasteiger partial charge in [0.2, 0.25) is 0 Å². The maximum Gasteiger partial charge on any atom is 2.00 e. The molecule has 0 aliphatic carbocycles. The van der Waals surface area contributed by atoms with Gasteiger partial charge in [0, 0.05) is 0 Å². The Hall–Kier alpha value is -0.746. The molecule has 0 amide bonds. The fourth-order valence-corrected chi connectivity index (χ4v) is 1.20. The summed E-state index contributed by atoms with van der Waals surface area (Å²) >= 11 is 0. The summed E-state index contributed by atoms with van der Waals surface area (Å²) in [6.07, 6.45) is 0. The third-order valence-electron chi connectivity index (χ3n) is 2.25. The maximum absolute atomic E-state index is 8.13. The van der Waals surface area contributed by atoms with E-state index in [1.54, 1.807) is 24.3 Å². The van der Waals surface area contributed by atoms with Gasteiger partial charge in [-0.05, 0) is 38.1 Å². The van der Waals surface area contributed by atoms with Crippen LogP contribution in [0.1, 0.15) is 11.1 Å². The second kappa shape index (κ2) is 14.2. The Morgan fingerprint density at radius 3 is 1.05 bits per heavy atom. The van der Waals surface area contributed by atoms with E-state index in [-0.39, 0.29) is 46.5 Å². The van der Waals surface area contributed by atoms with Crippen molar-refractivity contribution in [2.75, 3.05) is 0 Å². The molecule has 0 radical (unpaired) electrons. The van der Waals surface area contributed by atoms with E-state index in [1.807, 2.05) is 38.1 Å². The van der Waals surface area contributed by atoms with Crippen LogP contribution in [0.25, 0.3) is 0 Å². The molecule has 2 aromatic carbocycles. The van der Waals surface area contributed by atoms with Crippen molar-refractivity contribution in [1.29, 1.82) is 0 Å². The van der Waals surface area contributed by atoms with Crippen LogP contribution in [0.2, 0.25) is 0 Å². The molecule has 0 fully saturated rings. The molecule has 2 aromatic rings. The minimum absolute atomic E-state index is 0. The van der Waals surface area contributed by atoms with Gasteiger partial charge in [-0.3, -0.25) is 0 Å².